The topological polar surface area (TPSA) is 398 Å². The Morgan fingerprint density at radius 3 is 1.39 bits per heavy atom. The van der Waals surface area contributed by atoms with Crippen molar-refractivity contribution in [2.75, 3.05) is 6.61 Å². The van der Waals surface area contributed by atoms with Crippen LogP contribution in [0.1, 0.15) is 55.4 Å². The highest BCUT2D eigenvalue weighted by Crippen LogP contribution is 2.20. The molecule has 9 atom stereocenters. The maximum absolute atomic E-state index is 14.5. The molecule has 24 heteroatoms. The third-order valence-corrected chi connectivity index (χ3v) is 12.9. The summed E-state index contributed by atoms with van der Waals surface area (Å²) < 4.78 is 0. The highest BCUT2D eigenvalue weighted by molar-refractivity contribution is 5.99. The lowest BCUT2D eigenvalue weighted by Crippen LogP contribution is -2.61. The van der Waals surface area contributed by atoms with E-state index < -0.39 is 133 Å². The van der Waals surface area contributed by atoms with Gasteiger partial charge in [-0.05, 0) is 52.8 Å². The number of aliphatic carboxylic acids is 3. The number of H-pyrrole nitrogens is 1. The van der Waals surface area contributed by atoms with Crippen molar-refractivity contribution in [3.05, 3.63) is 138 Å². The molecule has 0 spiro atoms. The molecule has 24 nitrogen and oxygen atoms in total. The van der Waals surface area contributed by atoms with E-state index in [0.717, 1.165) is 16.5 Å². The quantitative estimate of drug-likeness (QED) is 0.0286. The number of fused-ring (bicyclic) bond motifs is 1. The molecule has 0 bridgehead atoms. The number of phenols is 1. The van der Waals surface area contributed by atoms with E-state index in [9.17, 15) is 73.5 Å². The van der Waals surface area contributed by atoms with Gasteiger partial charge in [-0.15, -0.1) is 0 Å². The average molecular weight is 1090 g/mol. The summed E-state index contributed by atoms with van der Waals surface area (Å²) in [5.74, 6) is -12.7. The number of nitrogens with two attached hydrogens (primary N) is 1. The number of hydrogen-bond donors (Lipinski definition) is 14. The Morgan fingerprint density at radius 2 is 0.911 bits per heavy atom. The van der Waals surface area contributed by atoms with Crippen LogP contribution in [-0.4, -0.2) is 145 Å². The fourth-order valence-electron chi connectivity index (χ4n) is 8.36. The molecule has 0 unspecified atom stereocenters. The van der Waals surface area contributed by atoms with Crippen molar-refractivity contribution in [1.82, 2.24) is 42.2 Å². The number of hydrogen-bond acceptors (Lipinski definition) is 13. The normalized spacial score (nSPS) is 14.5. The fourth-order valence-corrected chi connectivity index (χ4v) is 8.36. The zero-order valence-electron chi connectivity index (χ0n) is 43.2. The number of carbonyl (C=O) groups excluding carboxylic acids is 7. The van der Waals surface area contributed by atoms with Crippen LogP contribution in [0.25, 0.3) is 10.9 Å². The number of benzene rings is 4. The summed E-state index contributed by atoms with van der Waals surface area (Å²) in [6.45, 7) is 2.35. The molecule has 420 valence electrons. The third-order valence-electron chi connectivity index (χ3n) is 12.9. The van der Waals surface area contributed by atoms with Crippen molar-refractivity contribution in [1.29, 1.82) is 0 Å². The van der Waals surface area contributed by atoms with Crippen LogP contribution in [0.2, 0.25) is 0 Å². The van der Waals surface area contributed by atoms with Gasteiger partial charge < -0.3 is 73.5 Å². The van der Waals surface area contributed by atoms with Gasteiger partial charge in [0.1, 0.15) is 48.0 Å². The zero-order chi connectivity index (χ0) is 57.8. The molecule has 7 amide bonds. The largest absolute Gasteiger partial charge is 0.508 e. The number of para-hydroxylation sites is 1. The Balaban J connectivity index is 1.34. The van der Waals surface area contributed by atoms with Crippen LogP contribution in [0.3, 0.4) is 0 Å². The van der Waals surface area contributed by atoms with Gasteiger partial charge in [-0.2, -0.15) is 0 Å². The van der Waals surface area contributed by atoms with Crippen LogP contribution < -0.4 is 43.0 Å². The highest BCUT2D eigenvalue weighted by atomic mass is 16.4. The summed E-state index contributed by atoms with van der Waals surface area (Å²) >= 11 is 0. The Hall–Kier alpha value is -9.16. The standard InChI is InChI=1S/C55H65N9O15/c1-3-30(2)47(64-48(71)37(56)25-34-28-57-38-17-11-10-16-36(34)38)54(77)63-44(29-65)53(76)61-41(26-45(67)68)51(74)59-39(22-31-12-6-4-7-13-31)49(72)58-40(23-32-14-8-5-9-15-32)50(73)60-42(27-46(69)70)52(75)62-43(55(78)79)24-33-18-20-35(66)21-19-33/h4-21,28,30,37,39-44,47,57,65-66H,3,22-27,29,56H2,1-2H3,(H,58,72)(H,59,74)(H,60,73)(H,61,76)(H,62,75)(H,63,77)(H,64,71)(H,67,68)(H,69,70)(H,78,79)/t30-,37-,39-,40-,41-,42-,43-,44-,47-/m0/s1. The molecule has 15 N–H and O–H groups in total. The molecular formula is C55H65N9O15. The maximum Gasteiger partial charge on any atom is 0.326 e. The smallest absolute Gasteiger partial charge is 0.326 e. The van der Waals surface area contributed by atoms with Crippen molar-refractivity contribution in [2.24, 2.45) is 11.7 Å². The SMILES string of the molecule is CC[C@H](C)[C@H](NC(=O)[C@@H](N)Cc1c[nH]c2ccccc12)C(=O)N[C@@H](CO)C(=O)N[C@@H](CC(=O)O)C(=O)N[C@@H](Cc1ccccc1)C(=O)N[C@@H](Cc1ccccc1)C(=O)N[C@@H](CC(=O)O)C(=O)N[C@@H](Cc1ccc(O)cc1)C(=O)O. The van der Waals surface area contributed by atoms with Gasteiger partial charge in [0, 0.05) is 36.4 Å². The minimum absolute atomic E-state index is 0.102. The van der Waals surface area contributed by atoms with Gasteiger partial charge in [-0.3, -0.25) is 43.2 Å². The number of aliphatic hydroxyl groups is 1. The number of aromatic nitrogens is 1. The molecular weight excluding hydrogens is 1030 g/mol. The van der Waals surface area contributed by atoms with Gasteiger partial charge in [0.25, 0.3) is 0 Å². The second kappa shape index (κ2) is 29.4. The second-order valence-corrected chi connectivity index (χ2v) is 18.9. The Morgan fingerprint density at radius 1 is 0.494 bits per heavy atom. The lowest BCUT2D eigenvalue weighted by atomic mass is 9.97. The number of aromatic hydroxyl groups is 1. The van der Waals surface area contributed by atoms with Crippen LogP contribution in [-0.2, 0) is 73.6 Å². The summed E-state index contributed by atoms with van der Waals surface area (Å²) in [5, 5.41) is 67.2. The van der Waals surface area contributed by atoms with Gasteiger partial charge in [0.05, 0.1) is 25.5 Å². The lowest BCUT2D eigenvalue weighted by molar-refractivity contribution is -0.144. The van der Waals surface area contributed by atoms with Crippen molar-refractivity contribution in [2.45, 2.75) is 107 Å². The van der Waals surface area contributed by atoms with E-state index in [0.29, 0.717) is 23.1 Å². The van der Waals surface area contributed by atoms with Gasteiger partial charge in [-0.1, -0.05) is 111 Å². The summed E-state index contributed by atoms with van der Waals surface area (Å²) in [4.78, 5) is 137. The van der Waals surface area contributed by atoms with Gasteiger partial charge in [0.2, 0.25) is 41.4 Å². The summed E-state index contributed by atoms with van der Waals surface area (Å²) in [6, 6.07) is 16.1. The van der Waals surface area contributed by atoms with Crippen LogP contribution >= 0.6 is 0 Å². The third kappa shape index (κ3) is 18.5. The van der Waals surface area contributed by atoms with Crippen molar-refractivity contribution >= 4 is 70.2 Å². The molecule has 1 heterocycles. The lowest BCUT2D eigenvalue weighted by Gasteiger charge is -2.28. The first-order chi connectivity index (χ1) is 37.6. The predicted octanol–water partition coefficient (Wildman–Crippen LogP) is -0.0626. The van der Waals surface area contributed by atoms with Crippen molar-refractivity contribution in [3.8, 4) is 5.75 Å². The van der Waals surface area contributed by atoms with E-state index in [1.54, 1.807) is 80.7 Å². The van der Waals surface area contributed by atoms with Crippen molar-refractivity contribution < 1.29 is 73.5 Å². The number of phenolic OH excluding ortho intramolecular Hbond substituents is 1. The number of aromatic amines is 1. The number of amides is 7. The van der Waals surface area contributed by atoms with E-state index in [4.69, 9.17) is 5.73 Å². The van der Waals surface area contributed by atoms with E-state index >= 15 is 0 Å². The van der Waals surface area contributed by atoms with Crippen LogP contribution in [0.5, 0.6) is 5.75 Å². The molecule has 0 saturated heterocycles. The molecule has 4 aromatic carbocycles. The number of carboxylic acids is 3. The molecule has 0 aliphatic rings. The molecule has 0 aliphatic carbocycles. The summed E-state index contributed by atoms with van der Waals surface area (Å²) in [6.07, 6.45) is -0.786. The monoisotopic (exact) mass is 1090 g/mol. The number of carbonyl (C=O) groups is 10. The molecule has 0 radical (unpaired) electrons. The maximum atomic E-state index is 14.5. The first-order valence-corrected chi connectivity index (χ1v) is 25.2. The van der Waals surface area contributed by atoms with Crippen molar-refractivity contribution in [3.63, 3.8) is 0 Å². The molecule has 0 aliphatic heterocycles. The number of carboxylic acid groups (broad SMARTS) is 3. The van der Waals surface area contributed by atoms with Crippen LogP contribution in [0.15, 0.2) is 115 Å². The van der Waals surface area contributed by atoms with Gasteiger partial charge in [0.15, 0.2) is 0 Å². The fraction of sp³-hybridized carbons (Fsp3) is 0.345. The summed E-state index contributed by atoms with van der Waals surface area (Å²) in [7, 11) is 0. The molecule has 0 fully saturated rings. The minimum atomic E-state index is -1.96. The molecule has 5 aromatic rings. The number of aliphatic hydroxyl groups excluding tert-OH is 1. The Bertz CT molecular complexity index is 2940. The first kappa shape index (κ1) is 60.7. The minimum Gasteiger partial charge on any atom is -0.508 e. The van der Waals surface area contributed by atoms with Crippen LogP contribution in [0.4, 0.5) is 0 Å². The Labute approximate surface area is 453 Å². The van der Waals surface area contributed by atoms with E-state index in [-0.39, 0.29) is 31.4 Å². The number of nitrogens with one attached hydrogen (secondary N) is 8. The number of rotatable bonds is 30. The van der Waals surface area contributed by atoms with Crippen LogP contribution in [0, 0.1) is 5.92 Å². The Kier molecular flexibility index (Phi) is 22.6. The van der Waals surface area contributed by atoms with E-state index in [1.165, 1.54) is 24.3 Å². The zero-order valence-corrected chi connectivity index (χ0v) is 43.2. The second-order valence-electron chi connectivity index (χ2n) is 18.9. The summed E-state index contributed by atoms with van der Waals surface area (Å²) in [5.41, 5.74) is 9.18. The molecule has 1 aromatic heterocycles. The molecule has 5 rings (SSSR count). The van der Waals surface area contributed by atoms with E-state index in [2.05, 4.69) is 42.2 Å². The van der Waals surface area contributed by atoms with Gasteiger partial charge in [-0.25, -0.2) is 4.79 Å². The predicted molar refractivity (Wildman–Crippen MR) is 284 cm³/mol. The molecule has 79 heavy (non-hydrogen) atoms. The van der Waals surface area contributed by atoms with Gasteiger partial charge >= 0.3 is 17.9 Å². The molecule has 0 saturated carbocycles. The first-order valence-electron chi connectivity index (χ1n) is 25.2. The highest BCUT2D eigenvalue weighted by Gasteiger charge is 2.36. The average Bonchev–Trinajstić information content (AvgIpc) is 3.86. The van der Waals surface area contributed by atoms with E-state index in [1.807, 2.05) is 24.3 Å².